The Balaban J connectivity index is 1.85. The molecule has 3 nitrogen and oxygen atoms in total. The molecule has 0 amide bonds. The van der Waals surface area contributed by atoms with Gasteiger partial charge < -0.3 is 10.1 Å². The minimum Gasteiger partial charge on any atom is -0.375 e. The highest BCUT2D eigenvalue weighted by Gasteiger charge is 2.29. The zero-order valence-electron chi connectivity index (χ0n) is 14.7. The van der Waals surface area contributed by atoms with Crippen molar-refractivity contribution in [3.8, 4) is 0 Å². The Morgan fingerprint density at radius 3 is 2.48 bits per heavy atom. The van der Waals surface area contributed by atoms with Crippen molar-refractivity contribution in [1.29, 1.82) is 0 Å². The van der Waals surface area contributed by atoms with Gasteiger partial charge in [-0.2, -0.15) is 0 Å². The van der Waals surface area contributed by atoms with Gasteiger partial charge in [-0.05, 0) is 59.4 Å². The van der Waals surface area contributed by atoms with Gasteiger partial charge in [0, 0.05) is 25.2 Å². The van der Waals surface area contributed by atoms with Crippen LogP contribution in [0, 0.1) is 5.92 Å². The van der Waals surface area contributed by atoms with Gasteiger partial charge in [0.1, 0.15) is 0 Å². The van der Waals surface area contributed by atoms with E-state index in [0.717, 1.165) is 19.1 Å². The zero-order chi connectivity index (χ0) is 15.3. The number of rotatable bonds is 4. The molecule has 1 heterocycles. The molecule has 2 aliphatic rings. The molecule has 3 heteroatoms. The van der Waals surface area contributed by atoms with Gasteiger partial charge in [0.15, 0.2) is 0 Å². The lowest BCUT2D eigenvalue weighted by Crippen LogP contribution is -2.46. The zero-order valence-corrected chi connectivity index (χ0v) is 14.7. The summed E-state index contributed by atoms with van der Waals surface area (Å²) in [7, 11) is 0. The Morgan fingerprint density at radius 1 is 1.10 bits per heavy atom. The molecular formula is C18H36N2O. The van der Waals surface area contributed by atoms with Crippen LogP contribution in [0.4, 0.5) is 0 Å². The van der Waals surface area contributed by atoms with Crippen LogP contribution >= 0.6 is 0 Å². The average molecular weight is 296 g/mol. The summed E-state index contributed by atoms with van der Waals surface area (Å²) in [6.07, 6.45) is 8.44. The fourth-order valence-corrected chi connectivity index (χ4v) is 3.79. The number of hydrogen-bond acceptors (Lipinski definition) is 3. The van der Waals surface area contributed by atoms with Crippen molar-refractivity contribution in [2.75, 3.05) is 26.2 Å². The predicted octanol–water partition coefficient (Wildman–Crippen LogP) is 3.43. The molecule has 1 aliphatic heterocycles. The molecule has 21 heavy (non-hydrogen) atoms. The summed E-state index contributed by atoms with van der Waals surface area (Å²) in [5, 5.41) is 3.84. The van der Waals surface area contributed by atoms with Crippen molar-refractivity contribution in [2.45, 2.75) is 83.9 Å². The van der Waals surface area contributed by atoms with Crippen LogP contribution < -0.4 is 5.32 Å². The van der Waals surface area contributed by atoms with Gasteiger partial charge in [0.05, 0.1) is 12.2 Å². The van der Waals surface area contributed by atoms with E-state index in [-0.39, 0.29) is 5.60 Å². The van der Waals surface area contributed by atoms with E-state index in [2.05, 4.69) is 37.9 Å². The maximum Gasteiger partial charge on any atom is 0.0600 e. The molecule has 0 bridgehead atoms. The third-order valence-corrected chi connectivity index (χ3v) is 5.16. The molecule has 1 saturated carbocycles. The van der Waals surface area contributed by atoms with Crippen molar-refractivity contribution in [2.24, 2.45) is 5.92 Å². The maximum atomic E-state index is 5.94. The number of hydrogen-bond donors (Lipinski definition) is 1. The van der Waals surface area contributed by atoms with E-state index in [1.54, 1.807) is 0 Å². The van der Waals surface area contributed by atoms with E-state index in [4.69, 9.17) is 4.74 Å². The van der Waals surface area contributed by atoms with Gasteiger partial charge in [0.25, 0.3) is 0 Å². The first kappa shape index (κ1) is 17.2. The molecule has 1 saturated heterocycles. The molecule has 0 aromatic heterocycles. The van der Waals surface area contributed by atoms with Gasteiger partial charge in [-0.3, -0.25) is 4.90 Å². The Hall–Kier alpha value is -0.120. The van der Waals surface area contributed by atoms with Gasteiger partial charge >= 0.3 is 0 Å². The Kier molecular flexibility index (Phi) is 6.51. The van der Waals surface area contributed by atoms with Crippen LogP contribution in [0.1, 0.15) is 66.2 Å². The molecule has 1 aliphatic carbocycles. The van der Waals surface area contributed by atoms with Crippen LogP contribution in [0.15, 0.2) is 0 Å². The maximum absolute atomic E-state index is 5.94. The third-order valence-electron chi connectivity index (χ3n) is 5.16. The van der Waals surface area contributed by atoms with Crippen molar-refractivity contribution in [3.05, 3.63) is 0 Å². The normalized spacial score (nSPS) is 30.3. The first-order chi connectivity index (χ1) is 9.96. The lowest BCUT2D eigenvalue weighted by Gasteiger charge is -2.35. The summed E-state index contributed by atoms with van der Waals surface area (Å²) in [5.41, 5.74) is -0.0177. The number of nitrogens with zero attached hydrogens (tertiary/aromatic N) is 1. The average Bonchev–Trinajstić information content (AvgIpc) is 2.61. The first-order valence-electron chi connectivity index (χ1n) is 9.07. The minimum atomic E-state index is -0.0177. The van der Waals surface area contributed by atoms with Gasteiger partial charge in [0.2, 0.25) is 0 Å². The van der Waals surface area contributed by atoms with Crippen molar-refractivity contribution >= 4 is 0 Å². The van der Waals surface area contributed by atoms with Crippen LogP contribution in [0.25, 0.3) is 0 Å². The summed E-state index contributed by atoms with van der Waals surface area (Å²) in [6.45, 7) is 13.1. The van der Waals surface area contributed by atoms with Crippen LogP contribution in [0.3, 0.4) is 0 Å². The highest BCUT2D eigenvalue weighted by Crippen LogP contribution is 2.28. The predicted molar refractivity (Wildman–Crippen MR) is 89.7 cm³/mol. The summed E-state index contributed by atoms with van der Waals surface area (Å²) in [6, 6.07) is 1.37. The van der Waals surface area contributed by atoms with Crippen molar-refractivity contribution < 1.29 is 4.74 Å². The summed E-state index contributed by atoms with van der Waals surface area (Å²) in [5.74, 6) is 0.898. The standard InChI is InChI=1S/C18H36N2O/c1-15-10-11-19-17(16-8-6-5-7-9-16)14-20(15)12-13-21-18(2,3)4/h15-17,19H,5-14H2,1-4H3. The highest BCUT2D eigenvalue weighted by molar-refractivity contribution is 4.87. The molecular weight excluding hydrogens is 260 g/mol. The van der Waals surface area contributed by atoms with E-state index in [1.807, 2.05) is 0 Å². The van der Waals surface area contributed by atoms with E-state index >= 15 is 0 Å². The molecule has 0 aromatic rings. The first-order valence-corrected chi connectivity index (χ1v) is 9.07. The molecule has 2 fully saturated rings. The van der Waals surface area contributed by atoms with Crippen molar-refractivity contribution in [1.82, 2.24) is 10.2 Å². The van der Waals surface area contributed by atoms with E-state index in [1.165, 1.54) is 51.6 Å². The molecule has 0 radical (unpaired) electrons. The molecule has 2 rings (SSSR count). The minimum absolute atomic E-state index is 0.0177. The van der Waals surface area contributed by atoms with E-state index in [9.17, 15) is 0 Å². The highest BCUT2D eigenvalue weighted by atomic mass is 16.5. The Labute approximate surface area is 131 Å². The second-order valence-electron chi connectivity index (χ2n) is 8.05. The SMILES string of the molecule is CC1CCNC(C2CCCCC2)CN1CCOC(C)(C)C. The number of ether oxygens (including phenoxy) is 1. The van der Waals surface area contributed by atoms with Gasteiger partial charge in [-0.15, -0.1) is 0 Å². The fraction of sp³-hybridized carbons (Fsp3) is 1.00. The Morgan fingerprint density at radius 2 is 1.81 bits per heavy atom. The van der Waals surface area contributed by atoms with Crippen molar-refractivity contribution in [3.63, 3.8) is 0 Å². The fourth-order valence-electron chi connectivity index (χ4n) is 3.79. The summed E-state index contributed by atoms with van der Waals surface area (Å²) < 4.78 is 5.94. The lowest BCUT2D eigenvalue weighted by atomic mass is 9.83. The largest absolute Gasteiger partial charge is 0.375 e. The third kappa shape index (κ3) is 5.88. The second kappa shape index (κ2) is 7.94. The van der Waals surface area contributed by atoms with E-state index in [0.29, 0.717) is 12.1 Å². The molecule has 2 unspecified atom stereocenters. The molecule has 2 atom stereocenters. The van der Waals surface area contributed by atoms with Crippen LogP contribution in [0.2, 0.25) is 0 Å². The second-order valence-corrected chi connectivity index (χ2v) is 8.05. The molecule has 124 valence electrons. The monoisotopic (exact) mass is 296 g/mol. The van der Waals surface area contributed by atoms with Crippen LogP contribution in [-0.4, -0.2) is 48.8 Å². The summed E-state index contributed by atoms with van der Waals surface area (Å²) >= 11 is 0. The van der Waals surface area contributed by atoms with Gasteiger partial charge in [-0.25, -0.2) is 0 Å². The molecule has 1 N–H and O–H groups in total. The molecule has 0 spiro atoms. The molecule has 0 aromatic carbocycles. The van der Waals surface area contributed by atoms with E-state index < -0.39 is 0 Å². The lowest BCUT2D eigenvalue weighted by molar-refractivity contribution is -0.0178. The summed E-state index contributed by atoms with van der Waals surface area (Å²) in [4.78, 5) is 2.66. The smallest absolute Gasteiger partial charge is 0.0600 e. The van der Waals surface area contributed by atoms with Crippen LogP contribution in [0.5, 0.6) is 0 Å². The Bertz CT molecular complexity index is 294. The van der Waals surface area contributed by atoms with Crippen LogP contribution in [-0.2, 0) is 4.74 Å². The number of nitrogens with one attached hydrogen (secondary N) is 1. The topological polar surface area (TPSA) is 24.5 Å². The van der Waals surface area contributed by atoms with Gasteiger partial charge in [-0.1, -0.05) is 19.3 Å². The quantitative estimate of drug-likeness (QED) is 0.860.